The van der Waals surface area contributed by atoms with Gasteiger partial charge in [-0.05, 0) is 20.9 Å². The summed E-state index contributed by atoms with van der Waals surface area (Å²) in [6, 6.07) is 2.25. The average Bonchev–Trinajstić information content (AvgIpc) is 2.80. The molecule has 0 spiro atoms. The number of hydrogen-bond acceptors (Lipinski definition) is 4. The number of hydrogen-bond donors (Lipinski definition) is 0. The molecule has 1 aromatic rings. The third-order valence-electron chi connectivity index (χ3n) is 3.28. The molecule has 0 unspecified atom stereocenters. The number of aromatic nitrogens is 2. The molecule has 2 heterocycles. The van der Waals surface area contributed by atoms with Gasteiger partial charge in [-0.3, -0.25) is 4.68 Å². The van der Waals surface area contributed by atoms with E-state index >= 15 is 0 Å². The fraction of sp³-hybridized carbons (Fsp3) is 0.667. The van der Waals surface area contributed by atoms with Gasteiger partial charge in [0.25, 0.3) is 0 Å². The Balaban J connectivity index is 2.11. The molecule has 0 amide bonds. The Bertz CT molecular complexity index is 420. The van der Waals surface area contributed by atoms with E-state index in [-0.39, 0.29) is 0 Å². The Morgan fingerprint density at radius 2 is 1.94 bits per heavy atom. The minimum absolute atomic E-state index is 0.579. The van der Waals surface area contributed by atoms with Crippen LogP contribution >= 0.6 is 0 Å². The average molecular weight is 233 g/mol. The molecule has 1 aliphatic rings. The lowest BCUT2D eigenvalue weighted by molar-refractivity contribution is 0.312. The highest BCUT2D eigenvalue weighted by Gasteiger charge is 2.22. The summed E-state index contributed by atoms with van der Waals surface area (Å²) in [6.07, 6.45) is 3.82. The summed E-state index contributed by atoms with van der Waals surface area (Å²) < 4.78 is 1.74. The summed E-state index contributed by atoms with van der Waals surface area (Å²) in [4.78, 5) is 4.64. The number of likely N-dealkylation sites (N-methyl/N-ethyl adjacent to an activating group) is 1. The van der Waals surface area contributed by atoms with E-state index in [0.29, 0.717) is 0 Å². The topological polar surface area (TPSA) is 48.1 Å². The molecule has 0 aromatic carbocycles. The first-order valence-corrected chi connectivity index (χ1v) is 5.93. The van der Waals surface area contributed by atoms with Crippen LogP contribution in [-0.2, 0) is 5.54 Å². The van der Waals surface area contributed by atoms with E-state index in [0.717, 1.165) is 31.9 Å². The van der Waals surface area contributed by atoms with E-state index < -0.39 is 5.54 Å². The second kappa shape index (κ2) is 4.38. The number of rotatable bonds is 2. The fourth-order valence-corrected chi connectivity index (χ4v) is 1.90. The zero-order valence-electron chi connectivity index (χ0n) is 10.7. The van der Waals surface area contributed by atoms with Crippen LogP contribution in [0.3, 0.4) is 0 Å². The van der Waals surface area contributed by atoms with Gasteiger partial charge in [-0.15, -0.1) is 0 Å². The van der Waals surface area contributed by atoms with Gasteiger partial charge in [0, 0.05) is 26.2 Å². The molecule has 92 valence electrons. The minimum atomic E-state index is -0.579. The molecule has 0 bridgehead atoms. The molecular weight excluding hydrogens is 214 g/mol. The Kier molecular flexibility index (Phi) is 3.07. The van der Waals surface area contributed by atoms with Crippen LogP contribution in [0.2, 0.25) is 0 Å². The van der Waals surface area contributed by atoms with Crippen molar-refractivity contribution in [2.45, 2.75) is 19.4 Å². The molecule has 0 atom stereocenters. The molecule has 0 saturated carbocycles. The Morgan fingerprint density at radius 1 is 1.29 bits per heavy atom. The summed E-state index contributed by atoms with van der Waals surface area (Å²) in [6.45, 7) is 7.94. The maximum absolute atomic E-state index is 9.07. The maximum Gasteiger partial charge on any atom is 0.143 e. The first-order chi connectivity index (χ1) is 8.03. The standard InChI is InChI=1S/C12H19N5/c1-12(2,10-13)17-9-11(8-14-17)16-6-4-15(3)5-7-16/h8-9H,4-7H2,1-3H3. The molecular formula is C12H19N5. The predicted molar refractivity (Wildman–Crippen MR) is 66.9 cm³/mol. The summed E-state index contributed by atoms with van der Waals surface area (Å²) in [5.41, 5.74) is 0.534. The normalized spacial score (nSPS) is 18.1. The zero-order chi connectivity index (χ0) is 12.5. The molecule has 0 aliphatic carbocycles. The van der Waals surface area contributed by atoms with E-state index in [1.54, 1.807) is 4.68 Å². The minimum Gasteiger partial charge on any atom is -0.366 e. The van der Waals surface area contributed by atoms with E-state index in [1.807, 2.05) is 26.2 Å². The van der Waals surface area contributed by atoms with Crippen molar-refractivity contribution >= 4 is 5.69 Å². The van der Waals surface area contributed by atoms with Crippen LogP contribution in [0.15, 0.2) is 12.4 Å². The Hall–Kier alpha value is -1.54. The molecule has 0 N–H and O–H groups in total. The molecule has 17 heavy (non-hydrogen) atoms. The van der Waals surface area contributed by atoms with E-state index in [2.05, 4.69) is 28.0 Å². The van der Waals surface area contributed by atoms with E-state index in [9.17, 15) is 0 Å². The summed E-state index contributed by atoms with van der Waals surface area (Å²) in [7, 11) is 2.14. The van der Waals surface area contributed by atoms with Crippen molar-refractivity contribution in [2.24, 2.45) is 0 Å². The van der Waals surface area contributed by atoms with Crippen molar-refractivity contribution in [3.8, 4) is 6.07 Å². The van der Waals surface area contributed by atoms with Crippen LogP contribution < -0.4 is 4.90 Å². The maximum atomic E-state index is 9.07. The van der Waals surface area contributed by atoms with Gasteiger partial charge in [0.2, 0.25) is 0 Å². The highest BCUT2D eigenvalue weighted by Crippen LogP contribution is 2.19. The molecule has 2 rings (SSSR count). The van der Waals surface area contributed by atoms with Crippen LogP contribution in [0.4, 0.5) is 5.69 Å². The van der Waals surface area contributed by atoms with Gasteiger partial charge in [0.05, 0.1) is 24.2 Å². The highest BCUT2D eigenvalue weighted by atomic mass is 15.3. The lowest BCUT2D eigenvalue weighted by Gasteiger charge is -2.33. The van der Waals surface area contributed by atoms with Crippen LogP contribution in [0.1, 0.15) is 13.8 Å². The third-order valence-corrected chi connectivity index (χ3v) is 3.28. The van der Waals surface area contributed by atoms with Gasteiger partial charge in [-0.1, -0.05) is 0 Å². The predicted octanol–water partition coefficient (Wildman–Crippen LogP) is 0.894. The van der Waals surface area contributed by atoms with Crippen molar-refractivity contribution in [3.63, 3.8) is 0 Å². The zero-order valence-corrected chi connectivity index (χ0v) is 10.7. The lowest BCUT2D eigenvalue weighted by atomic mass is 10.1. The van der Waals surface area contributed by atoms with Gasteiger partial charge in [0.15, 0.2) is 0 Å². The highest BCUT2D eigenvalue weighted by molar-refractivity contribution is 5.43. The van der Waals surface area contributed by atoms with Crippen molar-refractivity contribution in [1.82, 2.24) is 14.7 Å². The fourth-order valence-electron chi connectivity index (χ4n) is 1.90. The molecule has 5 heteroatoms. The van der Waals surface area contributed by atoms with Crippen LogP contribution in [0.25, 0.3) is 0 Å². The molecule has 1 saturated heterocycles. The quantitative estimate of drug-likeness (QED) is 0.761. The Morgan fingerprint density at radius 3 is 2.53 bits per heavy atom. The molecule has 1 fully saturated rings. The molecule has 5 nitrogen and oxygen atoms in total. The number of anilines is 1. The smallest absolute Gasteiger partial charge is 0.143 e. The monoisotopic (exact) mass is 233 g/mol. The number of nitriles is 1. The SMILES string of the molecule is CN1CCN(c2cnn(C(C)(C)C#N)c2)CC1. The molecule has 0 radical (unpaired) electrons. The number of nitrogens with zero attached hydrogens (tertiary/aromatic N) is 5. The second-order valence-electron chi connectivity index (χ2n) is 5.10. The first kappa shape index (κ1) is 11.9. The van der Waals surface area contributed by atoms with Gasteiger partial charge in [-0.2, -0.15) is 10.4 Å². The van der Waals surface area contributed by atoms with Gasteiger partial charge < -0.3 is 9.80 Å². The molecule has 1 aliphatic heterocycles. The number of piperazine rings is 1. The largest absolute Gasteiger partial charge is 0.366 e. The Labute approximate surface area is 102 Å². The van der Waals surface area contributed by atoms with Crippen LogP contribution in [0.5, 0.6) is 0 Å². The summed E-state index contributed by atoms with van der Waals surface area (Å²) in [5, 5.41) is 13.4. The van der Waals surface area contributed by atoms with Crippen molar-refractivity contribution in [3.05, 3.63) is 12.4 Å². The van der Waals surface area contributed by atoms with Gasteiger partial charge in [0.1, 0.15) is 5.54 Å². The van der Waals surface area contributed by atoms with Crippen molar-refractivity contribution in [1.29, 1.82) is 5.26 Å². The van der Waals surface area contributed by atoms with Gasteiger partial charge >= 0.3 is 0 Å². The van der Waals surface area contributed by atoms with Crippen molar-refractivity contribution in [2.75, 3.05) is 38.1 Å². The third kappa shape index (κ3) is 2.42. The van der Waals surface area contributed by atoms with Crippen LogP contribution in [-0.4, -0.2) is 47.9 Å². The van der Waals surface area contributed by atoms with Crippen LogP contribution in [0, 0.1) is 11.3 Å². The molecule has 1 aromatic heterocycles. The van der Waals surface area contributed by atoms with Crippen molar-refractivity contribution < 1.29 is 0 Å². The lowest BCUT2D eigenvalue weighted by Crippen LogP contribution is -2.44. The first-order valence-electron chi connectivity index (χ1n) is 5.93. The van der Waals surface area contributed by atoms with E-state index in [1.165, 1.54) is 0 Å². The second-order valence-corrected chi connectivity index (χ2v) is 5.10. The summed E-state index contributed by atoms with van der Waals surface area (Å²) >= 11 is 0. The van der Waals surface area contributed by atoms with Gasteiger partial charge in [-0.25, -0.2) is 0 Å². The van der Waals surface area contributed by atoms with E-state index in [4.69, 9.17) is 5.26 Å². The summed E-state index contributed by atoms with van der Waals surface area (Å²) in [5.74, 6) is 0.